The zero-order valence-electron chi connectivity index (χ0n) is 10.4. The summed E-state index contributed by atoms with van der Waals surface area (Å²) in [6, 6.07) is 7.26. The Labute approximate surface area is 128 Å². The quantitative estimate of drug-likeness (QED) is 0.875. The number of carbonyl (C=O) groups is 1. The van der Waals surface area contributed by atoms with Gasteiger partial charge in [-0.15, -0.1) is 0 Å². The first-order chi connectivity index (χ1) is 9.11. The van der Waals surface area contributed by atoms with Gasteiger partial charge >= 0.3 is 0 Å². The molecule has 0 unspecified atom stereocenters. The number of rotatable bonds is 4. The number of carbonyl (C=O) groups excluding carboxylic acids is 1. The smallest absolute Gasteiger partial charge is 0.251 e. The van der Waals surface area contributed by atoms with Crippen molar-refractivity contribution in [2.75, 3.05) is 0 Å². The van der Waals surface area contributed by atoms with E-state index in [4.69, 9.17) is 0 Å². The monoisotopic (exact) mass is 385 g/mol. The first-order valence-electron chi connectivity index (χ1n) is 5.85. The summed E-state index contributed by atoms with van der Waals surface area (Å²) in [6.07, 6.45) is 1.74. The van der Waals surface area contributed by atoms with E-state index < -0.39 is 0 Å². The SMILES string of the molecule is CCn1ncc(Br)c1CNC(=O)c1ccc(Br)cc1. The van der Waals surface area contributed by atoms with Gasteiger partial charge in [0.15, 0.2) is 0 Å². The molecule has 0 spiro atoms. The highest BCUT2D eigenvalue weighted by atomic mass is 79.9. The molecule has 1 aromatic carbocycles. The molecule has 0 fully saturated rings. The summed E-state index contributed by atoms with van der Waals surface area (Å²) in [5.41, 5.74) is 1.61. The molecule has 2 rings (SSSR count). The largest absolute Gasteiger partial charge is 0.346 e. The molecule has 0 aliphatic carbocycles. The molecule has 2 aromatic rings. The fourth-order valence-corrected chi connectivity index (χ4v) is 2.40. The lowest BCUT2D eigenvalue weighted by Crippen LogP contribution is -2.24. The molecule has 6 heteroatoms. The number of benzene rings is 1. The van der Waals surface area contributed by atoms with Crippen molar-refractivity contribution in [2.24, 2.45) is 0 Å². The lowest BCUT2D eigenvalue weighted by molar-refractivity contribution is 0.0950. The van der Waals surface area contributed by atoms with E-state index in [-0.39, 0.29) is 5.91 Å². The average molecular weight is 387 g/mol. The number of halogens is 2. The van der Waals surface area contributed by atoms with Crippen LogP contribution in [0.2, 0.25) is 0 Å². The minimum atomic E-state index is -0.0942. The number of nitrogens with zero attached hydrogens (tertiary/aromatic N) is 2. The molecule has 0 atom stereocenters. The minimum Gasteiger partial charge on any atom is -0.346 e. The van der Waals surface area contributed by atoms with Gasteiger partial charge in [0.2, 0.25) is 0 Å². The zero-order chi connectivity index (χ0) is 13.8. The van der Waals surface area contributed by atoms with Gasteiger partial charge in [0.25, 0.3) is 5.91 Å². The molecule has 0 saturated carbocycles. The van der Waals surface area contributed by atoms with Gasteiger partial charge in [-0.1, -0.05) is 15.9 Å². The number of hydrogen-bond donors (Lipinski definition) is 1. The Bertz CT molecular complexity index is 578. The molecule has 1 aromatic heterocycles. The Morgan fingerprint density at radius 2 is 2.00 bits per heavy atom. The Morgan fingerprint density at radius 3 is 2.63 bits per heavy atom. The van der Waals surface area contributed by atoms with E-state index >= 15 is 0 Å². The summed E-state index contributed by atoms with van der Waals surface area (Å²) >= 11 is 6.78. The molecule has 0 bridgehead atoms. The van der Waals surface area contributed by atoms with Crippen LogP contribution >= 0.6 is 31.9 Å². The highest BCUT2D eigenvalue weighted by Gasteiger charge is 2.10. The molecule has 19 heavy (non-hydrogen) atoms. The van der Waals surface area contributed by atoms with E-state index in [0.29, 0.717) is 12.1 Å². The minimum absolute atomic E-state index is 0.0942. The van der Waals surface area contributed by atoms with Gasteiger partial charge in [0.05, 0.1) is 22.9 Å². The fourth-order valence-electron chi connectivity index (χ4n) is 1.70. The average Bonchev–Trinajstić information content (AvgIpc) is 2.77. The molecular formula is C13H13Br2N3O. The van der Waals surface area contributed by atoms with Crippen LogP contribution in [-0.4, -0.2) is 15.7 Å². The predicted molar refractivity (Wildman–Crippen MR) is 80.9 cm³/mol. The third-order valence-electron chi connectivity index (χ3n) is 2.72. The molecule has 4 nitrogen and oxygen atoms in total. The first-order valence-corrected chi connectivity index (χ1v) is 7.44. The van der Waals surface area contributed by atoms with Crippen LogP contribution in [0.4, 0.5) is 0 Å². The number of nitrogens with one attached hydrogen (secondary N) is 1. The van der Waals surface area contributed by atoms with Crippen LogP contribution in [0.3, 0.4) is 0 Å². The van der Waals surface area contributed by atoms with Gasteiger partial charge in [0.1, 0.15) is 0 Å². The molecule has 1 heterocycles. The van der Waals surface area contributed by atoms with Gasteiger partial charge in [-0.2, -0.15) is 5.10 Å². The van der Waals surface area contributed by atoms with E-state index in [1.54, 1.807) is 18.3 Å². The number of aromatic nitrogens is 2. The van der Waals surface area contributed by atoms with Crippen LogP contribution in [0.1, 0.15) is 23.0 Å². The second-order valence-corrected chi connectivity index (χ2v) is 5.71. The normalized spacial score (nSPS) is 10.5. The van der Waals surface area contributed by atoms with Crippen molar-refractivity contribution >= 4 is 37.8 Å². The van der Waals surface area contributed by atoms with Gasteiger partial charge in [-0.25, -0.2) is 0 Å². The second-order valence-electron chi connectivity index (χ2n) is 3.94. The highest BCUT2D eigenvalue weighted by Crippen LogP contribution is 2.16. The van der Waals surface area contributed by atoms with Gasteiger partial charge < -0.3 is 5.32 Å². The summed E-state index contributed by atoms with van der Waals surface area (Å²) < 4.78 is 3.72. The highest BCUT2D eigenvalue weighted by molar-refractivity contribution is 9.10. The van der Waals surface area contributed by atoms with Crippen molar-refractivity contribution in [3.8, 4) is 0 Å². The van der Waals surface area contributed by atoms with E-state index in [2.05, 4.69) is 42.3 Å². The van der Waals surface area contributed by atoms with Crippen molar-refractivity contribution in [1.82, 2.24) is 15.1 Å². The van der Waals surface area contributed by atoms with Crippen LogP contribution < -0.4 is 5.32 Å². The summed E-state index contributed by atoms with van der Waals surface area (Å²) in [7, 11) is 0. The van der Waals surface area contributed by atoms with Crippen LogP contribution in [0.5, 0.6) is 0 Å². The molecule has 0 aliphatic rings. The maximum atomic E-state index is 12.0. The lowest BCUT2D eigenvalue weighted by atomic mass is 10.2. The molecule has 1 N–H and O–H groups in total. The summed E-state index contributed by atoms with van der Waals surface area (Å²) in [5.74, 6) is -0.0942. The van der Waals surface area contributed by atoms with Crippen molar-refractivity contribution in [3.05, 3.63) is 50.7 Å². The zero-order valence-corrected chi connectivity index (χ0v) is 13.5. The predicted octanol–water partition coefficient (Wildman–Crippen LogP) is 3.36. The van der Waals surface area contributed by atoms with Crippen molar-refractivity contribution < 1.29 is 4.79 Å². The van der Waals surface area contributed by atoms with Crippen LogP contribution in [0, 0.1) is 0 Å². The van der Waals surface area contributed by atoms with Gasteiger partial charge in [0, 0.05) is 16.6 Å². The molecule has 100 valence electrons. The van der Waals surface area contributed by atoms with Crippen molar-refractivity contribution in [3.63, 3.8) is 0 Å². The molecular weight excluding hydrogens is 374 g/mol. The van der Waals surface area contributed by atoms with Crippen molar-refractivity contribution in [2.45, 2.75) is 20.0 Å². The first kappa shape index (κ1) is 14.3. The van der Waals surface area contributed by atoms with Gasteiger partial charge in [-0.05, 0) is 47.1 Å². The lowest BCUT2D eigenvalue weighted by Gasteiger charge is -2.08. The van der Waals surface area contributed by atoms with Crippen LogP contribution in [-0.2, 0) is 13.1 Å². The number of hydrogen-bond acceptors (Lipinski definition) is 2. The van der Waals surface area contributed by atoms with E-state index in [1.165, 1.54) is 0 Å². The van der Waals surface area contributed by atoms with E-state index in [0.717, 1.165) is 21.2 Å². The van der Waals surface area contributed by atoms with Gasteiger partial charge in [-0.3, -0.25) is 9.48 Å². The molecule has 0 radical (unpaired) electrons. The maximum absolute atomic E-state index is 12.0. The topological polar surface area (TPSA) is 46.9 Å². The Kier molecular flexibility index (Phi) is 4.76. The second kappa shape index (κ2) is 6.34. The van der Waals surface area contributed by atoms with E-state index in [9.17, 15) is 4.79 Å². The molecule has 0 aliphatic heterocycles. The number of amides is 1. The molecule has 0 saturated heterocycles. The standard InChI is InChI=1S/C13H13Br2N3O/c1-2-18-12(11(15)7-17-18)8-16-13(19)9-3-5-10(14)6-4-9/h3-7H,2,8H2,1H3,(H,16,19). The molecule has 1 amide bonds. The Morgan fingerprint density at radius 1 is 1.32 bits per heavy atom. The summed E-state index contributed by atoms with van der Waals surface area (Å²) in [6.45, 7) is 3.23. The fraction of sp³-hybridized carbons (Fsp3) is 0.231. The summed E-state index contributed by atoms with van der Waals surface area (Å²) in [5, 5.41) is 7.10. The van der Waals surface area contributed by atoms with Crippen LogP contribution in [0.15, 0.2) is 39.4 Å². The van der Waals surface area contributed by atoms with Crippen LogP contribution in [0.25, 0.3) is 0 Å². The Hall–Kier alpha value is -1.14. The maximum Gasteiger partial charge on any atom is 0.251 e. The summed E-state index contributed by atoms with van der Waals surface area (Å²) in [4.78, 5) is 12.0. The third-order valence-corrected chi connectivity index (χ3v) is 3.91. The number of aryl methyl sites for hydroxylation is 1. The third kappa shape index (κ3) is 3.45. The Balaban J connectivity index is 2.04. The van der Waals surface area contributed by atoms with E-state index in [1.807, 2.05) is 23.7 Å². The van der Waals surface area contributed by atoms with Crippen molar-refractivity contribution in [1.29, 1.82) is 0 Å².